The van der Waals surface area contributed by atoms with Gasteiger partial charge in [0.25, 0.3) is 0 Å². The van der Waals surface area contributed by atoms with Gasteiger partial charge in [-0.3, -0.25) is 4.79 Å². The van der Waals surface area contributed by atoms with Crippen LogP contribution in [0.5, 0.6) is 0 Å². The lowest BCUT2D eigenvalue weighted by atomic mass is 9.95. The molecule has 1 fully saturated rings. The summed E-state index contributed by atoms with van der Waals surface area (Å²) in [6, 6.07) is 0.651. The van der Waals surface area contributed by atoms with Gasteiger partial charge in [-0.15, -0.1) is 0 Å². The quantitative estimate of drug-likeness (QED) is 0.698. The van der Waals surface area contributed by atoms with Gasteiger partial charge in [0.1, 0.15) is 0 Å². The summed E-state index contributed by atoms with van der Waals surface area (Å²) in [5, 5.41) is 6.41. The SMILES string of the molecule is CN(C)CCNC(=O)CCNC1CCCCC1. The summed E-state index contributed by atoms with van der Waals surface area (Å²) in [5.41, 5.74) is 0. The van der Waals surface area contributed by atoms with Gasteiger partial charge in [-0.25, -0.2) is 0 Å². The minimum absolute atomic E-state index is 0.162. The van der Waals surface area contributed by atoms with E-state index in [2.05, 4.69) is 15.5 Å². The Labute approximate surface area is 105 Å². The fraction of sp³-hybridized carbons (Fsp3) is 0.923. The van der Waals surface area contributed by atoms with Gasteiger partial charge in [0.15, 0.2) is 0 Å². The molecule has 0 heterocycles. The zero-order chi connectivity index (χ0) is 12.5. The highest BCUT2D eigenvalue weighted by molar-refractivity contribution is 5.76. The van der Waals surface area contributed by atoms with Gasteiger partial charge in [0.05, 0.1) is 0 Å². The van der Waals surface area contributed by atoms with E-state index in [-0.39, 0.29) is 5.91 Å². The normalized spacial score (nSPS) is 17.4. The molecule has 1 saturated carbocycles. The van der Waals surface area contributed by atoms with Crippen molar-refractivity contribution in [3.8, 4) is 0 Å². The number of rotatable bonds is 7. The van der Waals surface area contributed by atoms with Crippen LogP contribution < -0.4 is 10.6 Å². The number of carbonyl (C=O) groups is 1. The van der Waals surface area contributed by atoms with Gasteiger partial charge < -0.3 is 15.5 Å². The average Bonchev–Trinajstić information content (AvgIpc) is 2.30. The van der Waals surface area contributed by atoms with Crippen LogP contribution in [0.3, 0.4) is 0 Å². The molecule has 4 heteroatoms. The molecule has 0 aromatic rings. The third kappa shape index (κ3) is 7.34. The van der Waals surface area contributed by atoms with E-state index in [1.54, 1.807) is 0 Å². The Hall–Kier alpha value is -0.610. The molecule has 17 heavy (non-hydrogen) atoms. The van der Waals surface area contributed by atoms with E-state index in [1.165, 1.54) is 32.1 Å². The minimum atomic E-state index is 0.162. The van der Waals surface area contributed by atoms with Crippen molar-refractivity contribution in [2.45, 2.75) is 44.6 Å². The molecule has 1 aliphatic carbocycles. The molecule has 0 aromatic heterocycles. The summed E-state index contributed by atoms with van der Waals surface area (Å²) in [7, 11) is 4.02. The molecule has 1 amide bonds. The molecule has 0 saturated heterocycles. The van der Waals surface area contributed by atoms with Crippen molar-refractivity contribution in [2.24, 2.45) is 0 Å². The maximum atomic E-state index is 11.5. The smallest absolute Gasteiger partial charge is 0.221 e. The van der Waals surface area contributed by atoms with E-state index >= 15 is 0 Å². The molecule has 100 valence electrons. The van der Waals surface area contributed by atoms with Gasteiger partial charge in [-0.1, -0.05) is 19.3 Å². The van der Waals surface area contributed by atoms with Crippen LogP contribution in [0.25, 0.3) is 0 Å². The molecule has 2 N–H and O–H groups in total. The minimum Gasteiger partial charge on any atom is -0.355 e. The highest BCUT2D eigenvalue weighted by Gasteiger charge is 2.12. The first-order chi connectivity index (χ1) is 8.18. The lowest BCUT2D eigenvalue weighted by molar-refractivity contribution is -0.121. The summed E-state index contributed by atoms with van der Waals surface area (Å²) in [6.45, 7) is 2.47. The second-order valence-electron chi connectivity index (χ2n) is 5.19. The third-order valence-corrected chi connectivity index (χ3v) is 3.27. The average molecular weight is 241 g/mol. The molecule has 0 atom stereocenters. The molecule has 0 bridgehead atoms. The van der Waals surface area contributed by atoms with E-state index in [1.807, 2.05) is 14.1 Å². The monoisotopic (exact) mass is 241 g/mol. The molecule has 4 nitrogen and oxygen atoms in total. The highest BCUT2D eigenvalue weighted by Crippen LogP contribution is 2.17. The van der Waals surface area contributed by atoms with Crippen LogP contribution in [-0.2, 0) is 4.79 Å². The van der Waals surface area contributed by atoms with Crippen molar-refractivity contribution >= 4 is 5.91 Å². The van der Waals surface area contributed by atoms with Gasteiger partial charge in [-0.2, -0.15) is 0 Å². The van der Waals surface area contributed by atoms with Crippen LogP contribution in [0.1, 0.15) is 38.5 Å². The number of likely N-dealkylation sites (N-methyl/N-ethyl adjacent to an activating group) is 1. The van der Waals surface area contributed by atoms with E-state index in [9.17, 15) is 4.79 Å². The number of nitrogens with one attached hydrogen (secondary N) is 2. The molecule has 0 spiro atoms. The molecule has 1 aliphatic rings. The van der Waals surface area contributed by atoms with E-state index < -0.39 is 0 Å². The van der Waals surface area contributed by atoms with Crippen LogP contribution in [0.2, 0.25) is 0 Å². The topological polar surface area (TPSA) is 44.4 Å². The first-order valence-corrected chi connectivity index (χ1v) is 6.83. The molecular formula is C13H27N3O. The number of hydrogen-bond donors (Lipinski definition) is 2. The predicted molar refractivity (Wildman–Crippen MR) is 71.1 cm³/mol. The number of amides is 1. The Kier molecular flexibility index (Phi) is 7.21. The molecular weight excluding hydrogens is 214 g/mol. The lowest BCUT2D eigenvalue weighted by Gasteiger charge is -2.22. The maximum Gasteiger partial charge on any atom is 0.221 e. The van der Waals surface area contributed by atoms with Crippen molar-refractivity contribution in [2.75, 3.05) is 33.7 Å². The lowest BCUT2D eigenvalue weighted by Crippen LogP contribution is -2.36. The molecule has 1 rings (SSSR count). The summed E-state index contributed by atoms with van der Waals surface area (Å²) in [5.74, 6) is 0.162. The summed E-state index contributed by atoms with van der Waals surface area (Å²) >= 11 is 0. The van der Waals surface area contributed by atoms with Gasteiger partial charge in [0, 0.05) is 32.1 Å². The van der Waals surface area contributed by atoms with E-state index in [4.69, 9.17) is 0 Å². The molecule has 0 unspecified atom stereocenters. The number of carbonyl (C=O) groups excluding carboxylic acids is 1. The van der Waals surface area contributed by atoms with Crippen LogP contribution in [0.4, 0.5) is 0 Å². The molecule has 0 aliphatic heterocycles. The Morgan fingerprint density at radius 3 is 2.53 bits per heavy atom. The van der Waals surface area contributed by atoms with Gasteiger partial charge >= 0.3 is 0 Å². The fourth-order valence-electron chi connectivity index (χ4n) is 2.20. The summed E-state index contributed by atoms with van der Waals surface area (Å²) in [6.07, 6.45) is 7.22. The maximum absolute atomic E-state index is 11.5. The standard InChI is InChI=1S/C13H27N3O/c1-16(2)11-10-15-13(17)8-9-14-12-6-4-3-5-7-12/h12,14H,3-11H2,1-2H3,(H,15,17). The van der Waals surface area contributed by atoms with Crippen LogP contribution >= 0.6 is 0 Å². The fourth-order valence-corrected chi connectivity index (χ4v) is 2.20. The van der Waals surface area contributed by atoms with Gasteiger partial charge in [0.2, 0.25) is 5.91 Å². The zero-order valence-electron chi connectivity index (χ0n) is 11.3. The predicted octanol–water partition coefficient (Wildman–Crippen LogP) is 0.977. The van der Waals surface area contributed by atoms with Crippen molar-refractivity contribution < 1.29 is 4.79 Å². The highest BCUT2D eigenvalue weighted by atomic mass is 16.1. The summed E-state index contributed by atoms with van der Waals surface area (Å²) < 4.78 is 0. The largest absolute Gasteiger partial charge is 0.355 e. The third-order valence-electron chi connectivity index (χ3n) is 3.27. The first kappa shape index (κ1) is 14.5. The Morgan fingerprint density at radius 1 is 1.18 bits per heavy atom. The van der Waals surface area contributed by atoms with Gasteiger partial charge in [-0.05, 0) is 26.9 Å². The number of hydrogen-bond acceptors (Lipinski definition) is 3. The Morgan fingerprint density at radius 2 is 1.88 bits per heavy atom. The van der Waals surface area contributed by atoms with Crippen molar-refractivity contribution in [3.63, 3.8) is 0 Å². The van der Waals surface area contributed by atoms with Crippen molar-refractivity contribution in [3.05, 3.63) is 0 Å². The first-order valence-electron chi connectivity index (χ1n) is 6.83. The van der Waals surface area contributed by atoms with Crippen LogP contribution in [0, 0.1) is 0 Å². The second-order valence-corrected chi connectivity index (χ2v) is 5.19. The van der Waals surface area contributed by atoms with E-state index in [0.29, 0.717) is 12.5 Å². The zero-order valence-corrected chi connectivity index (χ0v) is 11.3. The van der Waals surface area contributed by atoms with Crippen LogP contribution in [-0.4, -0.2) is 50.6 Å². The molecule has 0 radical (unpaired) electrons. The van der Waals surface area contributed by atoms with Crippen molar-refractivity contribution in [1.29, 1.82) is 0 Å². The molecule has 0 aromatic carbocycles. The second kappa shape index (κ2) is 8.48. The Balaban J connectivity index is 1.95. The number of nitrogens with zero attached hydrogens (tertiary/aromatic N) is 1. The van der Waals surface area contributed by atoms with Crippen molar-refractivity contribution in [1.82, 2.24) is 15.5 Å². The summed E-state index contributed by atoms with van der Waals surface area (Å²) in [4.78, 5) is 13.6. The van der Waals surface area contributed by atoms with Crippen LogP contribution in [0.15, 0.2) is 0 Å². The Bertz CT molecular complexity index is 213. The van der Waals surface area contributed by atoms with E-state index in [0.717, 1.165) is 19.6 Å².